The standard InChI is InChI=1S/C23H17F2NO3/c1-14-11-19-18(21(27)13-20(26-19)23(24)25)12-22(14)29-17-9-7-16(8-10-17)28-15-5-3-2-4-6-15/h2-13,23H,1H3,(H,26,27). The number of para-hydroxylation sites is 1. The Morgan fingerprint density at radius 2 is 1.45 bits per heavy atom. The Labute approximate surface area is 165 Å². The molecule has 29 heavy (non-hydrogen) atoms. The molecule has 0 bridgehead atoms. The number of benzene rings is 3. The summed E-state index contributed by atoms with van der Waals surface area (Å²) in [5.41, 5.74) is 0.184. The summed E-state index contributed by atoms with van der Waals surface area (Å²) >= 11 is 0. The number of aryl methyl sites for hydroxylation is 1. The molecule has 0 fully saturated rings. The van der Waals surface area contributed by atoms with E-state index in [4.69, 9.17) is 9.47 Å². The largest absolute Gasteiger partial charge is 0.457 e. The van der Waals surface area contributed by atoms with Crippen molar-refractivity contribution in [2.45, 2.75) is 13.3 Å². The maximum atomic E-state index is 12.9. The van der Waals surface area contributed by atoms with Crippen LogP contribution in [-0.4, -0.2) is 4.98 Å². The summed E-state index contributed by atoms with van der Waals surface area (Å²) in [6.07, 6.45) is -2.74. The quantitative estimate of drug-likeness (QED) is 0.429. The Morgan fingerprint density at radius 1 is 0.828 bits per heavy atom. The molecule has 0 unspecified atom stereocenters. The summed E-state index contributed by atoms with van der Waals surface area (Å²) in [5.74, 6) is 2.43. The van der Waals surface area contributed by atoms with E-state index in [1.54, 1.807) is 43.3 Å². The summed E-state index contributed by atoms with van der Waals surface area (Å²) in [7, 11) is 0. The van der Waals surface area contributed by atoms with Gasteiger partial charge < -0.3 is 14.5 Å². The molecule has 1 N–H and O–H groups in total. The van der Waals surface area contributed by atoms with E-state index in [0.29, 0.717) is 33.7 Å². The highest BCUT2D eigenvalue weighted by molar-refractivity contribution is 5.81. The third-order valence-electron chi connectivity index (χ3n) is 4.41. The molecule has 0 spiro atoms. The van der Waals surface area contributed by atoms with Gasteiger partial charge in [-0.1, -0.05) is 18.2 Å². The highest BCUT2D eigenvalue weighted by Crippen LogP contribution is 2.30. The fourth-order valence-corrected chi connectivity index (χ4v) is 2.96. The lowest BCUT2D eigenvalue weighted by atomic mass is 10.1. The van der Waals surface area contributed by atoms with Gasteiger partial charge in [0.25, 0.3) is 6.43 Å². The predicted molar refractivity (Wildman–Crippen MR) is 107 cm³/mol. The van der Waals surface area contributed by atoms with Crippen LogP contribution in [0.15, 0.2) is 77.6 Å². The van der Waals surface area contributed by atoms with Crippen LogP contribution >= 0.6 is 0 Å². The predicted octanol–water partition coefficient (Wildman–Crippen LogP) is 6.36. The molecular formula is C23H17F2NO3. The molecule has 146 valence electrons. The van der Waals surface area contributed by atoms with E-state index in [-0.39, 0.29) is 0 Å². The Kier molecular flexibility index (Phi) is 4.99. The van der Waals surface area contributed by atoms with E-state index < -0.39 is 17.5 Å². The molecule has 4 nitrogen and oxygen atoms in total. The maximum Gasteiger partial charge on any atom is 0.278 e. The minimum atomic E-state index is -2.74. The fourth-order valence-electron chi connectivity index (χ4n) is 2.96. The Balaban J connectivity index is 1.59. The lowest BCUT2D eigenvalue weighted by Gasteiger charge is -2.12. The lowest BCUT2D eigenvalue weighted by molar-refractivity contribution is 0.146. The van der Waals surface area contributed by atoms with Crippen LogP contribution in [0.5, 0.6) is 23.0 Å². The monoisotopic (exact) mass is 393 g/mol. The maximum absolute atomic E-state index is 12.9. The van der Waals surface area contributed by atoms with Crippen molar-refractivity contribution in [1.82, 2.24) is 4.98 Å². The fraction of sp³-hybridized carbons (Fsp3) is 0.0870. The van der Waals surface area contributed by atoms with Crippen molar-refractivity contribution in [2.75, 3.05) is 0 Å². The first-order valence-electron chi connectivity index (χ1n) is 8.96. The zero-order valence-corrected chi connectivity index (χ0v) is 15.5. The molecule has 0 aliphatic heterocycles. The van der Waals surface area contributed by atoms with Crippen molar-refractivity contribution < 1.29 is 18.3 Å². The zero-order valence-electron chi connectivity index (χ0n) is 15.5. The summed E-state index contributed by atoms with van der Waals surface area (Å²) in [6.45, 7) is 1.79. The molecule has 4 aromatic rings. The number of nitrogens with one attached hydrogen (secondary N) is 1. The van der Waals surface area contributed by atoms with Crippen LogP contribution in [0.3, 0.4) is 0 Å². The van der Waals surface area contributed by atoms with Crippen molar-refractivity contribution in [3.63, 3.8) is 0 Å². The van der Waals surface area contributed by atoms with Gasteiger partial charge in [-0.05, 0) is 61.0 Å². The zero-order chi connectivity index (χ0) is 20.4. The van der Waals surface area contributed by atoms with Crippen LogP contribution in [0.25, 0.3) is 10.9 Å². The van der Waals surface area contributed by atoms with Crippen molar-refractivity contribution in [1.29, 1.82) is 0 Å². The first kappa shape index (κ1) is 18.7. The van der Waals surface area contributed by atoms with Gasteiger partial charge >= 0.3 is 0 Å². The van der Waals surface area contributed by atoms with Crippen molar-refractivity contribution in [3.05, 3.63) is 94.3 Å². The van der Waals surface area contributed by atoms with Crippen molar-refractivity contribution in [2.24, 2.45) is 0 Å². The van der Waals surface area contributed by atoms with Gasteiger partial charge in [0.15, 0.2) is 5.43 Å². The molecule has 0 amide bonds. The topological polar surface area (TPSA) is 51.3 Å². The first-order chi connectivity index (χ1) is 14.0. The first-order valence-corrected chi connectivity index (χ1v) is 8.96. The molecule has 3 aromatic carbocycles. The van der Waals surface area contributed by atoms with Crippen LogP contribution in [0.4, 0.5) is 8.78 Å². The second kappa shape index (κ2) is 7.75. The normalized spacial score (nSPS) is 11.0. The van der Waals surface area contributed by atoms with Crippen LogP contribution < -0.4 is 14.9 Å². The van der Waals surface area contributed by atoms with Crippen LogP contribution in [0.1, 0.15) is 17.7 Å². The van der Waals surface area contributed by atoms with Gasteiger partial charge in [0.2, 0.25) is 0 Å². The average molecular weight is 393 g/mol. The van der Waals surface area contributed by atoms with E-state index in [2.05, 4.69) is 4.98 Å². The second-order valence-electron chi connectivity index (χ2n) is 6.54. The molecule has 1 heterocycles. The van der Waals surface area contributed by atoms with Crippen molar-refractivity contribution >= 4 is 10.9 Å². The molecule has 0 aliphatic rings. The minimum Gasteiger partial charge on any atom is -0.457 e. The van der Waals surface area contributed by atoms with Crippen molar-refractivity contribution in [3.8, 4) is 23.0 Å². The van der Waals surface area contributed by atoms with Crippen LogP contribution in [0.2, 0.25) is 0 Å². The van der Waals surface area contributed by atoms with Gasteiger partial charge in [-0.15, -0.1) is 0 Å². The summed E-state index contributed by atoms with van der Waals surface area (Å²) in [6, 6.07) is 20.6. The number of hydrogen-bond donors (Lipinski definition) is 1. The number of pyridine rings is 1. The molecule has 1 aromatic heterocycles. The molecule has 0 saturated carbocycles. The van der Waals surface area contributed by atoms with Crippen LogP contribution in [0, 0.1) is 6.92 Å². The van der Waals surface area contributed by atoms with E-state index in [1.165, 1.54) is 0 Å². The molecule has 0 radical (unpaired) electrons. The SMILES string of the molecule is Cc1cc2[nH]c(C(F)F)cc(=O)c2cc1Oc1ccc(Oc2ccccc2)cc1. The number of alkyl halides is 2. The molecule has 0 saturated heterocycles. The van der Waals surface area contributed by atoms with Gasteiger partial charge in [-0.25, -0.2) is 8.78 Å². The molecule has 4 rings (SSSR count). The second-order valence-corrected chi connectivity index (χ2v) is 6.54. The number of aromatic nitrogens is 1. The molecular weight excluding hydrogens is 376 g/mol. The summed E-state index contributed by atoms with van der Waals surface area (Å²) in [4.78, 5) is 14.8. The van der Waals surface area contributed by atoms with Gasteiger partial charge in [0.1, 0.15) is 23.0 Å². The highest BCUT2D eigenvalue weighted by Gasteiger charge is 2.13. The van der Waals surface area contributed by atoms with E-state index in [9.17, 15) is 13.6 Å². The Bertz CT molecular complexity index is 1200. The van der Waals surface area contributed by atoms with Gasteiger partial charge in [-0.3, -0.25) is 4.79 Å². The average Bonchev–Trinajstić information content (AvgIpc) is 2.71. The molecule has 0 aliphatic carbocycles. The minimum absolute atomic E-state index is 0.291. The number of fused-ring (bicyclic) bond motifs is 1. The Morgan fingerprint density at radius 3 is 2.10 bits per heavy atom. The number of H-pyrrole nitrogens is 1. The number of aromatic amines is 1. The molecule has 0 atom stereocenters. The highest BCUT2D eigenvalue weighted by atomic mass is 19.3. The third-order valence-corrected chi connectivity index (χ3v) is 4.41. The lowest BCUT2D eigenvalue weighted by Crippen LogP contribution is -2.06. The number of halogens is 2. The van der Waals surface area contributed by atoms with E-state index in [0.717, 1.165) is 11.8 Å². The van der Waals surface area contributed by atoms with Gasteiger partial charge in [0.05, 0.1) is 11.2 Å². The smallest absolute Gasteiger partial charge is 0.278 e. The van der Waals surface area contributed by atoms with Gasteiger partial charge in [-0.2, -0.15) is 0 Å². The third kappa shape index (κ3) is 4.11. The van der Waals surface area contributed by atoms with E-state index in [1.807, 2.05) is 30.3 Å². The van der Waals surface area contributed by atoms with E-state index >= 15 is 0 Å². The summed E-state index contributed by atoms with van der Waals surface area (Å²) < 4.78 is 37.5. The summed E-state index contributed by atoms with van der Waals surface area (Å²) in [5, 5.41) is 0.291. The molecule has 6 heteroatoms. The Hall–Kier alpha value is -3.67. The van der Waals surface area contributed by atoms with Crippen LogP contribution in [-0.2, 0) is 0 Å². The number of rotatable bonds is 5. The number of hydrogen-bond acceptors (Lipinski definition) is 3. The van der Waals surface area contributed by atoms with Gasteiger partial charge in [0, 0.05) is 11.5 Å². The number of ether oxygens (including phenoxy) is 2.